The number of nitrogens with one attached hydrogen (secondary N) is 3. The number of fused-ring (bicyclic) bond motifs is 2. The molecule has 0 aliphatic rings. The van der Waals surface area contributed by atoms with Gasteiger partial charge in [-0.25, -0.2) is 0 Å². The Bertz CT molecular complexity index is 1330. The fourth-order valence-corrected chi connectivity index (χ4v) is 4.99. The van der Waals surface area contributed by atoms with E-state index in [1.165, 1.54) is 21.9 Å². The van der Waals surface area contributed by atoms with Gasteiger partial charge in [-0.3, -0.25) is 4.79 Å². The fourth-order valence-electron chi connectivity index (χ4n) is 4.60. The number of H-pyrrole nitrogens is 2. The van der Waals surface area contributed by atoms with Crippen LogP contribution in [0, 0.1) is 0 Å². The zero-order chi connectivity index (χ0) is 22.6. The molecule has 1 amide bonds. The molecule has 0 atom stereocenters. The molecule has 5 heteroatoms. The quantitative estimate of drug-likeness (QED) is 0.244. The van der Waals surface area contributed by atoms with Crippen molar-refractivity contribution in [3.05, 3.63) is 102 Å². The molecule has 4 nitrogen and oxygen atoms in total. The smallest absolute Gasteiger partial charge is 0.225 e. The van der Waals surface area contributed by atoms with Crippen molar-refractivity contribution in [2.45, 2.75) is 18.8 Å². The van der Waals surface area contributed by atoms with Gasteiger partial charge in [0.2, 0.25) is 5.91 Å². The average molecular weight is 454 g/mol. The van der Waals surface area contributed by atoms with Gasteiger partial charge in [0.15, 0.2) is 0 Å². The van der Waals surface area contributed by atoms with Gasteiger partial charge in [-0.15, -0.1) is 0 Å². The summed E-state index contributed by atoms with van der Waals surface area (Å²) in [6.07, 6.45) is 7.59. The highest BCUT2D eigenvalue weighted by Gasteiger charge is 2.23. The van der Waals surface area contributed by atoms with Gasteiger partial charge in [0, 0.05) is 58.0 Å². The van der Waals surface area contributed by atoms with Crippen LogP contribution in [0.3, 0.4) is 0 Å². The molecule has 5 aromatic rings. The Morgan fingerprint density at radius 2 is 1.42 bits per heavy atom. The molecule has 0 bridgehead atoms. The van der Waals surface area contributed by atoms with E-state index in [0.29, 0.717) is 6.42 Å². The first kappa shape index (κ1) is 21.4. The van der Waals surface area contributed by atoms with Crippen molar-refractivity contribution in [2.24, 2.45) is 0 Å². The molecular weight excluding hydrogens is 426 g/mol. The Balaban J connectivity index is 1.58. The van der Waals surface area contributed by atoms with Gasteiger partial charge < -0.3 is 15.3 Å². The number of hydrogen-bond donors (Lipinski definition) is 3. The summed E-state index contributed by atoms with van der Waals surface area (Å²) < 4.78 is 0. The van der Waals surface area contributed by atoms with Crippen molar-refractivity contribution >= 4 is 45.2 Å². The van der Waals surface area contributed by atoms with Crippen molar-refractivity contribution in [1.82, 2.24) is 9.97 Å². The zero-order valence-electron chi connectivity index (χ0n) is 18.6. The van der Waals surface area contributed by atoms with E-state index < -0.39 is 0 Å². The second kappa shape index (κ2) is 9.59. The van der Waals surface area contributed by atoms with Gasteiger partial charge in [0.25, 0.3) is 0 Å². The number of benzene rings is 3. The SMILES string of the molecule is CSCCC(=O)Nc1ccccc1CC(c1c[nH]c2ccccc12)c1c[nH]c2ccccc12. The summed E-state index contributed by atoms with van der Waals surface area (Å²) in [6.45, 7) is 0. The molecule has 2 aromatic heterocycles. The van der Waals surface area contributed by atoms with Crippen LogP contribution >= 0.6 is 11.8 Å². The van der Waals surface area contributed by atoms with E-state index in [9.17, 15) is 4.79 Å². The lowest BCUT2D eigenvalue weighted by atomic mass is 9.85. The van der Waals surface area contributed by atoms with Crippen molar-refractivity contribution in [3.63, 3.8) is 0 Å². The van der Waals surface area contributed by atoms with Gasteiger partial charge in [-0.05, 0) is 47.6 Å². The van der Waals surface area contributed by atoms with Crippen LogP contribution in [0.1, 0.15) is 29.0 Å². The Kier molecular flexibility index (Phi) is 6.22. The van der Waals surface area contributed by atoms with Crippen LogP contribution in [-0.2, 0) is 11.2 Å². The maximum Gasteiger partial charge on any atom is 0.225 e. The Morgan fingerprint density at radius 1 is 0.848 bits per heavy atom. The number of aromatic nitrogens is 2. The molecule has 0 aliphatic carbocycles. The van der Waals surface area contributed by atoms with Crippen LogP contribution in [-0.4, -0.2) is 27.9 Å². The predicted octanol–water partition coefficient (Wildman–Crippen LogP) is 6.72. The van der Waals surface area contributed by atoms with Crippen LogP contribution in [0.5, 0.6) is 0 Å². The molecule has 0 unspecified atom stereocenters. The van der Waals surface area contributed by atoms with E-state index in [-0.39, 0.29) is 11.8 Å². The molecule has 0 saturated heterocycles. The molecule has 0 aliphatic heterocycles. The zero-order valence-corrected chi connectivity index (χ0v) is 19.4. The maximum absolute atomic E-state index is 12.5. The average Bonchev–Trinajstić information content (AvgIpc) is 3.47. The highest BCUT2D eigenvalue weighted by molar-refractivity contribution is 7.98. The molecule has 166 valence electrons. The number of aromatic amines is 2. The summed E-state index contributed by atoms with van der Waals surface area (Å²) in [4.78, 5) is 19.4. The minimum Gasteiger partial charge on any atom is -0.361 e. The number of carbonyl (C=O) groups excluding carboxylic acids is 1. The Hall–Kier alpha value is -3.44. The largest absolute Gasteiger partial charge is 0.361 e. The first-order valence-electron chi connectivity index (χ1n) is 11.2. The summed E-state index contributed by atoms with van der Waals surface area (Å²) >= 11 is 1.69. The normalized spacial score (nSPS) is 11.5. The van der Waals surface area contributed by atoms with Gasteiger partial charge in [-0.1, -0.05) is 54.6 Å². The van der Waals surface area contributed by atoms with E-state index in [1.807, 2.05) is 24.5 Å². The van der Waals surface area contributed by atoms with E-state index >= 15 is 0 Å². The second-order valence-electron chi connectivity index (χ2n) is 8.28. The summed E-state index contributed by atoms with van der Waals surface area (Å²) in [5.41, 5.74) is 6.83. The van der Waals surface area contributed by atoms with Crippen molar-refractivity contribution in [1.29, 1.82) is 0 Å². The van der Waals surface area contributed by atoms with Crippen LogP contribution in [0.2, 0.25) is 0 Å². The molecule has 5 rings (SSSR count). The molecular formula is C28H27N3OS. The number of anilines is 1. The number of hydrogen-bond acceptors (Lipinski definition) is 2. The van der Waals surface area contributed by atoms with Gasteiger partial charge in [-0.2, -0.15) is 11.8 Å². The third kappa shape index (κ3) is 4.41. The van der Waals surface area contributed by atoms with Gasteiger partial charge >= 0.3 is 0 Å². The van der Waals surface area contributed by atoms with Crippen LogP contribution in [0.25, 0.3) is 21.8 Å². The molecule has 2 heterocycles. The number of rotatable bonds is 8. The summed E-state index contributed by atoms with van der Waals surface area (Å²) in [7, 11) is 0. The third-order valence-corrected chi connectivity index (χ3v) is 6.85. The molecule has 0 fully saturated rings. The number of para-hydroxylation sites is 3. The highest BCUT2D eigenvalue weighted by atomic mass is 32.2. The first-order valence-corrected chi connectivity index (χ1v) is 12.6. The number of carbonyl (C=O) groups is 1. The van der Waals surface area contributed by atoms with E-state index in [1.54, 1.807) is 11.8 Å². The van der Waals surface area contributed by atoms with Crippen molar-refractivity contribution < 1.29 is 4.79 Å². The highest BCUT2D eigenvalue weighted by Crippen LogP contribution is 2.38. The second-order valence-corrected chi connectivity index (χ2v) is 9.27. The minimum atomic E-state index is 0.0625. The molecule has 3 aromatic carbocycles. The monoisotopic (exact) mass is 453 g/mol. The van der Waals surface area contributed by atoms with Crippen molar-refractivity contribution in [3.8, 4) is 0 Å². The summed E-state index contributed by atoms with van der Waals surface area (Å²) in [5.74, 6) is 1.01. The molecule has 0 spiro atoms. The molecule has 33 heavy (non-hydrogen) atoms. The lowest BCUT2D eigenvalue weighted by molar-refractivity contribution is -0.115. The Labute approximate surface area is 197 Å². The van der Waals surface area contributed by atoms with E-state index in [4.69, 9.17) is 0 Å². The molecule has 3 N–H and O–H groups in total. The van der Waals surface area contributed by atoms with Crippen LogP contribution in [0.15, 0.2) is 85.2 Å². The lowest BCUT2D eigenvalue weighted by Crippen LogP contribution is -2.14. The maximum atomic E-state index is 12.5. The van der Waals surface area contributed by atoms with E-state index in [2.05, 4.69) is 82.3 Å². The molecule has 0 saturated carbocycles. The topological polar surface area (TPSA) is 60.7 Å². The standard InChI is InChI=1S/C28H27N3OS/c1-33-15-14-28(32)31-25-11-5-2-8-19(25)16-22(23-17-29-26-12-6-3-9-20(23)26)24-18-30-27-13-7-4-10-21(24)27/h2-13,17-18,22,29-30H,14-16H2,1H3,(H,31,32). The summed E-state index contributed by atoms with van der Waals surface area (Å²) in [5, 5.41) is 5.61. The van der Waals surface area contributed by atoms with Gasteiger partial charge in [0.05, 0.1) is 0 Å². The Morgan fingerprint density at radius 3 is 2.06 bits per heavy atom. The lowest BCUT2D eigenvalue weighted by Gasteiger charge is -2.19. The van der Waals surface area contributed by atoms with Gasteiger partial charge in [0.1, 0.15) is 0 Å². The van der Waals surface area contributed by atoms with Crippen molar-refractivity contribution in [2.75, 3.05) is 17.3 Å². The summed E-state index contributed by atoms with van der Waals surface area (Å²) in [6, 6.07) is 25.1. The number of thioether (sulfide) groups is 1. The van der Waals surface area contributed by atoms with E-state index in [0.717, 1.165) is 34.5 Å². The molecule has 0 radical (unpaired) electrons. The predicted molar refractivity (Wildman–Crippen MR) is 140 cm³/mol. The van der Waals surface area contributed by atoms with Crippen LogP contribution in [0.4, 0.5) is 5.69 Å². The fraction of sp³-hybridized carbons (Fsp3) is 0.179. The third-order valence-electron chi connectivity index (χ3n) is 6.24. The minimum absolute atomic E-state index is 0.0625. The van der Waals surface area contributed by atoms with Crippen LogP contribution < -0.4 is 5.32 Å². The number of amides is 1. The first-order chi connectivity index (χ1) is 16.2.